The van der Waals surface area contributed by atoms with Crippen molar-refractivity contribution in [2.45, 2.75) is 26.3 Å². The third-order valence-corrected chi connectivity index (χ3v) is 3.45. The van der Waals surface area contributed by atoms with E-state index in [0.29, 0.717) is 0 Å². The number of hydrogen-bond acceptors (Lipinski definition) is 2. The molecule has 0 fully saturated rings. The standard InChI is InChI=1S/C14H18BrN3/c1-4-13-14(9-18(3)17-13)16-10(2)11-6-5-7-12(15)8-11/h5-10,16H,4H2,1-3H3. The van der Waals surface area contributed by atoms with Crippen molar-refractivity contribution in [1.29, 1.82) is 0 Å². The second-order valence-electron chi connectivity index (χ2n) is 4.44. The summed E-state index contributed by atoms with van der Waals surface area (Å²) in [5.74, 6) is 0. The number of halogens is 1. The molecular formula is C14H18BrN3. The molecule has 96 valence electrons. The summed E-state index contributed by atoms with van der Waals surface area (Å²) >= 11 is 3.50. The van der Waals surface area contributed by atoms with Crippen molar-refractivity contribution in [3.05, 3.63) is 46.2 Å². The van der Waals surface area contributed by atoms with Gasteiger partial charge in [-0.25, -0.2) is 0 Å². The van der Waals surface area contributed by atoms with E-state index in [9.17, 15) is 0 Å². The number of nitrogens with zero attached hydrogens (tertiary/aromatic N) is 2. The van der Waals surface area contributed by atoms with Gasteiger partial charge >= 0.3 is 0 Å². The Balaban J connectivity index is 2.18. The highest BCUT2D eigenvalue weighted by Gasteiger charge is 2.10. The fraction of sp³-hybridized carbons (Fsp3) is 0.357. The monoisotopic (exact) mass is 307 g/mol. The average molecular weight is 308 g/mol. The van der Waals surface area contributed by atoms with Crippen LogP contribution in [0.5, 0.6) is 0 Å². The smallest absolute Gasteiger partial charge is 0.0853 e. The molecule has 18 heavy (non-hydrogen) atoms. The predicted molar refractivity (Wildman–Crippen MR) is 78.8 cm³/mol. The molecule has 1 aromatic heterocycles. The lowest BCUT2D eigenvalue weighted by molar-refractivity contribution is 0.746. The summed E-state index contributed by atoms with van der Waals surface area (Å²) in [6.07, 6.45) is 2.97. The van der Waals surface area contributed by atoms with E-state index in [4.69, 9.17) is 0 Å². The molecule has 4 heteroatoms. The SMILES string of the molecule is CCc1nn(C)cc1NC(C)c1cccc(Br)c1. The van der Waals surface area contributed by atoms with Crippen LogP contribution in [0.25, 0.3) is 0 Å². The first-order valence-electron chi connectivity index (χ1n) is 6.14. The normalized spacial score (nSPS) is 12.4. The zero-order valence-electron chi connectivity index (χ0n) is 10.9. The zero-order valence-corrected chi connectivity index (χ0v) is 12.5. The van der Waals surface area contributed by atoms with Gasteiger partial charge in [0, 0.05) is 23.8 Å². The maximum atomic E-state index is 4.44. The Kier molecular flexibility index (Phi) is 4.07. The van der Waals surface area contributed by atoms with Gasteiger partial charge in [-0.05, 0) is 31.0 Å². The number of anilines is 1. The van der Waals surface area contributed by atoms with Crippen molar-refractivity contribution in [3.8, 4) is 0 Å². The summed E-state index contributed by atoms with van der Waals surface area (Å²) in [5.41, 5.74) is 3.49. The molecule has 0 bridgehead atoms. The fourth-order valence-electron chi connectivity index (χ4n) is 2.01. The van der Waals surface area contributed by atoms with Crippen LogP contribution in [0.15, 0.2) is 34.9 Å². The quantitative estimate of drug-likeness (QED) is 0.928. The number of rotatable bonds is 4. The van der Waals surface area contributed by atoms with Crippen LogP contribution in [0.4, 0.5) is 5.69 Å². The van der Waals surface area contributed by atoms with Crippen LogP contribution in [-0.4, -0.2) is 9.78 Å². The lowest BCUT2D eigenvalue weighted by Crippen LogP contribution is -2.07. The van der Waals surface area contributed by atoms with Crippen molar-refractivity contribution in [2.75, 3.05) is 5.32 Å². The van der Waals surface area contributed by atoms with E-state index in [0.717, 1.165) is 22.3 Å². The predicted octanol–water partition coefficient (Wildman–Crippen LogP) is 3.92. The Hall–Kier alpha value is -1.29. The van der Waals surface area contributed by atoms with Crippen molar-refractivity contribution in [1.82, 2.24) is 9.78 Å². The molecule has 0 saturated carbocycles. The van der Waals surface area contributed by atoms with Gasteiger partial charge in [0.1, 0.15) is 0 Å². The number of hydrogen-bond donors (Lipinski definition) is 1. The first kappa shape index (κ1) is 13.1. The zero-order chi connectivity index (χ0) is 13.1. The molecule has 0 spiro atoms. The Morgan fingerprint density at radius 3 is 2.89 bits per heavy atom. The molecule has 1 heterocycles. The molecule has 0 radical (unpaired) electrons. The van der Waals surface area contributed by atoms with Crippen LogP contribution in [0.1, 0.15) is 31.1 Å². The summed E-state index contributed by atoms with van der Waals surface area (Å²) in [4.78, 5) is 0. The third kappa shape index (κ3) is 2.93. The Morgan fingerprint density at radius 1 is 1.44 bits per heavy atom. The molecule has 0 aliphatic carbocycles. The van der Waals surface area contributed by atoms with Gasteiger partial charge in [-0.2, -0.15) is 5.10 Å². The largest absolute Gasteiger partial charge is 0.376 e. The highest BCUT2D eigenvalue weighted by molar-refractivity contribution is 9.10. The Bertz CT molecular complexity index is 534. The van der Waals surface area contributed by atoms with Crippen molar-refractivity contribution in [3.63, 3.8) is 0 Å². The summed E-state index contributed by atoms with van der Waals surface area (Å²) in [7, 11) is 1.95. The van der Waals surface area contributed by atoms with Crippen molar-refractivity contribution < 1.29 is 0 Å². The van der Waals surface area contributed by atoms with Crippen LogP contribution in [0, 0.1) is 0 Å². The number of aromatic nitrogens is 2. The molecular weight excluding hydrogens is 290 g/mol. The van der Waals surface area contributed by atoms with Gasteiger partial charge in [-0.1, -0.05) is 35.0 Å². The molecule has 2 aromatic rings. The summed E-state index contributed by atoms with van der Waals surface area (Å²) < 4.78 is 2.96. The van der Waals surface area contributed by atoms with Gasteiger partial charge in [0.15, 0.2) is 0 Å². The fourth-order valence-corrected chi connectivity index (χ4v) is 2.43. The second-order valence-corrected chi connectivity index (χ2v) is 5.35. The molecule has 3 nitrogen and oxygen atoms in total. The summed E-state index contributed by atoms with van der Waals surface area (Å²) in [6, 6.07) is 8.63. The molecule has 2 rings (SSSR count). The minimum absolute atomic E-state index is 0.261. The van der Waals surface area contributed by atoms with E-state index >= 15 is 0 Å². The van der Waals surface area contributed by atoms with Gasteiger partial charge in [-0.15, -0.1) is 0 Å². The molecule has 1 atom stereocenters. The summed E-state index contributed by atoms with van der Waals surface area (Å²) in [5, 5.41) is 7.96. The van der Waals surface area contributed by atoms with Crippen LogP contribution in [-0.2, 0) is 13.5 Å². The lowest BCUT2D eigenvalue weighted by Gasteiger charge is -2.15. The van der Waals surface area contributed by atoms with E-state index in [1.165, 1.54) is 5.56 Å². The van der Waals surface area contributed by atoms with Crippen LogP contribution < -0.4 is 5.32 Å². The van der Waals surface area contributed by atoms with Gasteiger partial charge in [0.2, 0.25) is 0 Å². The number of nitrogens with one attached hydrogen (secondary N) is 1. The second kappa shape index (κ2) is 5.57. The number of aryl methyl sites for hydroxylation is 2. The number of benzene rings is 1. The van der Waals surface area contributed by atoms with E-state index in [-0.39, 0.29) is 6.04 Å². The van der Waals surface area contributed by atoms with E-state index in [1.54, 1.807) is 0 Å². The Morgan fingerprint density at radius 2 is 2.22 bits per heavy atom. The van der Waals surface area contributed by atoms with Crippen LogP contribution in [0.3, 0.4) is 0 Å². The van der Waals surface area contributed by atoms with Crippen molar-refractivity contribution >= 4 is 21.6 Å². The minimum atomic E-state index is 0.261. The molecule has 1 N–H and O–H groups in total. The molecule has 0 amide bonds. The third-order valence-electron chi connectivity index (χ3n) is 2.96. The van der Waals surface area contributed by atoms with Gasteiger partial charge in [0.25, 0.3) is 0 Å². The van der Waals surface area contributed by atoms with Gasteiger partial charge in [-0.3, -0.25) is 4.68 Å². The highest BCUT2D eigenvalue weighted by atomic mass is 79.9. The lowest BCUT2D eigenvalue weighted by atomic mass is 10.1. The summed E-state index contributed by atoms with van der Waals surface area (Å²) in [6.45, 7) is 4.28. The van der Waals surface area contributed by atoms with Crippen LogP contribution >= 0.6 is 15.9 Å². The maximum absolute atomic E-state index is 4.44. The van der Waals surface area contributed by atoms with E-state index < -0.39 is 0 Å². The molecule has 1 unspecified atom stereocenters. The first-order chi connectivity index (χ1) is 8.60. The van der Waals surface area contributed by atoms with Crippen LogP contribution in [0.2, 0.25) is 0 Å². The maximum Gasteiger partial charge on any atom is 0.0853 e. The van der Waals surface area contributed by atoms with Gasteiger partial charge in [0.05, 0.1) is 11.4 Å². The Labute approximate surface area is 116 Å². The average Bonchev–Trinajstić information content (AvgIpc) is 2.69. The molecule has 0 aliphatic heterocycles. The van der Waals surface area contributed by atoms with E-state index in [2.05, 4.69) is 58.4 Å². The van der Waals surface area contributed by atoms with Gasteiger partial charge < -0.3 is 5.32 Å². The minimum Gasteiger partial charge on any atom is -0.376 e. The topological polar surface area (TPSA) is 29.9 Å². The van der Waals surface area contributed by atoms with E-state index in [1.807, 2.05) is 24.0 Å². The first-order valence-corrected chi connectivity index (χ1v) is 6.94. The molecule has 1 aromatic carbocycles. The highest BCUT2D eigenvalue weighted by Crippen LogP contribution is 2.23. The molecule has 0 aliphatic rings. The molecule has 0 saturated heterocycles. The van der Waals surface area contributed by atoms with Crippen molar-refractivity contribution in [2.24, 2.45) is 7.05 Å².